The van der Waals surface area contributed by atoms with Crippen molar-refractivity contribution in [2.24, 2.45) is 0 Å². The third kappa shape index (κ3) is 3.45. The van der Waals surface area contributed by atoms with E-state index in [0.29, 0.717) is 11.7 Å². The van der Waals surface area contributed by atoms with Crippen molar-refractivity contribution in [3.05, 3.63) is 30.1 Å². The Labute approximate surface area is 115 Å². The van der Waals surface area contributed by atoms with Gasteiger partial charge < -0.3 is 15.1 Å². The van der Waals surface area contributed by atoms with Crippen molar-refractivity contribution in [2.45, 2.75) is 25.4 Å². The molecule has 0 radical (unpaired) electrons. The minimum atomic E-state index is -0.135. The second-order valence-corrected chi connectivity index (χ2v) is 6.26. The highest BCUT2D eigenvalue weighted by atomic mass is 19.1. The fourth-order valence-electron chi connectivity index (χ4n) is 2.67. The van der Waals surface area contributed by atoms with Gasteiger partial charge in [-0.05, 0) is 40.1 Å². The molecule has 106 valence electrons. The van der Waals surface area contributed by atoms with Gasteiger partial charge in [-0.2, -0.15) is 0 Å². The Bertz CT molecular complexity index is 431. The first-order chi connectivity index (χ1) is 8.89. The van der Waals surface area contributed by atoms with E-state index in [1.54, 1.807) is 6.07 Å². The number of nitrogens with one attached hydrogen (secondary N) is 1. The molecule has 1 unspecified atom stereocenters. The molecule has 1 aliphatic heterocycles. The van der Waals surface area contributed by atoms with E-state index >= 15 is 0 Å². The van der Waals surface area contributed by atoms with Crippen LogP contribution in [0.15, 0.2) is 24.3 Å². The summed E-state index contributed by atoms with van der Waals surface area (Å²) in [6.45, 7) is 6.92. The van der Waals surface area contributed by atoms with Gasteiger partial charge in [0.15, 0.2) is 0 Å². The summed E-state index contributed by atoms with van der Waals surface area (Å²) in [5, 5.41) is 3.54. The molecule has 1 heterocycles. The first-order valence-corrected chi connectivity index (χ1v) is 6.80. The second-order valence-electron chi connectivity index (χ2n) is 6.26. The molecule has 0 saturated carbocycles. The van der Waals surface area contributed by atoms with Crippen molar-refractivity contribution in [3.63, 3.8) is 0 Å². The highest BCUT2D eigenvalue weighted by Crippen LogP contribution is 2.26. The maximum Gasteiger partial charge on any atom is 0.146 e. The zero-order valence-corrected chi connectivity index (χ0v) is 12.3. The summed E-state index contributed by atoms with van der Waals surface area (Å²) in [5.41, 5.74) is 0.717. The second kappa shape index (κ2) is 5.47. The Morgan fingerprint density at radius 3 is 2.68 bits per heavy atom. The maximum absolute atomic E-state index is 14.1. The van der Waals surface area contributed by atoms with Crippen LogP contribution in [0, 0.1) is 5.82 Å². The summed E-state index contributed by atoms with van der Waals surface area (Å²) < 4.78 is 14.1. The van der Waals surface area contributed by atoms with Gasteiger partial charge in [-0.15, -0.1) is 0 Å². The SMILES string of the molecule is CN(C)CC1CNC(C)(C)CN1c1ccccc1F. The molecule has 0 aromatic heterocycles. The first kappa shape index (κ1) is 14.3. The minimum Gasteiger partial charge on any atom is -0.362 e. The lowest BCUT2D eigenvalue weighted by Crippen LogP contribution is -2.64. The summed E-state index contributed by atoms with van der Waals surface area (Å²) in [6.07, 6.45) is 0. The quantitative estimate of drug-likeness (QED) is 0.901. The van der Waals surface area contributed by atoms with Gasteiger partial charge in [0.1, 0.15) is 5.82 Å². The summed E-state index contributed by atoms with van der Waals surface area (Å²) in [7, 11) is 4.11. The Kier molecular flexibility index (Phi) is 4.11. The van der Waals surface area contributed by atoms with Gasteiger partial charge in [-0.3, -0.25) is 0 Å². The van der Waals surface area contributed by atoms with Crippen molar-refractivity contribution in [2.75, 3.05) is 38.6 Å². The molecule has 0 amide bonds. The van der Waals surface area contributed by atoms with Gasteiger partial charge in [0.2, 0.25) is 0 Å². The minimum absolute atomic E-state index is 0.00505. The molecule has 1 N–H and O–H groups in total. The van der Waals surface area contributed by atoms with Crippen molar-refractivity contribution in [3.8, 4) is 0 Å². The van der Waals surface area contributed by atoms with Crippen LogP contribution in [0.1, 0.15) is 13.8 Å². The molecule has 2 rings (SSSR count). The molecule has 0 spiro atoms. The number of benzene rings is 1. The van der Waals surface area contributed by atoms with E-state index in [-0.39, 0.29) is 11.4 Å². The van der Waals surface area contributed by atoms with E-state index in [9.17, 15) is 4.39 Å². The van der Waals surface area contributed by atoms with Crippen LogP contribution < -0.4 is 10.2 Å². The molecular formula is C15H24FN3. The molecule has 3 nitrogen and oxygen atoms in total. The molecule has 19 heavy (non-hydrogen) atoms. The predicted molar refractivity (Wildman–Crippen MR) is 78.2 cm³/mol. The normalized spacial score (nSPS) is 22.8. The van der Waals surface area contributed by atoms with Crippen LogP contribution in [0.2, 0.25) is 0 Å². The Morgan fingerprint density at radius 2 is 2.05 bits per heavy atom. The lowest BCUT2D eigenvalue weighted by Gasteiger charge is -2.46. The van der Waals surface area contributed by atoms with E-state index in [4.69, 9.17) is 0 Å². The van der Waals surface area contributed by atoms with Gasteiger partial charge >= 0.3 is 0 Å². The molecule has 0 bridgehead atoms. The van der Waals surface area contributed by atoms with Gasteiger partial charge in [-0.25, -0.2) is 4.39 Å². The largest absolute Gasteiger partial charge is 0.362 e. The van der Waals surface area contributed by atoms with E-state index in [1.807, 2.05) is 12.1 Å². The number of nitrogens with zero attached hydrogens (tertiary/aromatic N) is 2. The van der Waals surface area contributed by atoms with Crippen LogP contribution in [-0.2, 0) is 0 Å². The zero-order chi connectivity index (χ0) is 14.0. The molecule has 1 saturated heterocycles. The first-order valence-electron chi connectivity index (χ1n) is 6.80. The monoisotopic (exact) mass is 265 g/mol. The lowest BCUT2D eigenvalue weighted by molar-refractivity contribution is 0.267. The lowest BCUT2D eigenvalue weighted by atomic mass is 9.97. The summed E-state index contributed by atoms with van der Waals surface area (Å²) in [6, 6.07) is 7.35. The molecule has 1 atom stereocenters. The maximum atomic E-state index is 14.1. The summed E-state index contributed by atoms with van der Waals surface area (Å²) >= 11 is 0. The molecule has 1 fully saturated rings. The van der Waals surface area contributed by atoms with Gasteiger partial charge in [0, 0.05) is 25.2 Å². The number of halogens is 1. The Balaban J connectivity index is 2.27. The fraction of sp³-hybridized carbons (Fsp3) is 0.600. The number of hydrogen-bond donors (Lipinski definition) is 1. The Hall–Kier alpha value is -1.13. The molecule has 1 aliphatic rings. The number of rotatable bonds is 3. The average molecular weight is 265 g/mol. The third-order valence-corrected chi connectivity index (χ3v) is 3.56. The van der Waals surface area contributed by atoms with Crippen molar-refractivity contribution in [1.82, 2.24) is 10.2 Å². The zero-order valence-electron chi connectivity index (χ0n) is 12.3. The molecule has 4 heteroatoms. The van der Waals surface area contributed by atoms with E-state index in [1.165, 1.54) is 6.07 Å². The van der Waals surface area contributed by atoms with Crippen LogP contribution in [0.4, 0.5) is 10.1 Å². The van der Waals surface area contributed by atoms with Gasteiger partial charge in [-0.1, -0.05) is 12.1 Å². The number of hydrogen-bond acceptors (Lipinski definition) is 3. The summed E-state index contributed by atoms with van der Waals surface area (Å²) in [4.78, 5) is 4.35. The summed E-state index contributed by atoms with van der Waals surface area (Å²) in [5.74, 6) is -0.135. The van der Waals surface area contributed by atoms with Gasteiger partial charge in [0.25, 0.3) is 0 Å². The fourth-order valence-corrected chi connectivity index (χ4v) is 2.67. The highest BCUT2D eigenvalue weighted by molar-refractivity contribution is 5.50. The smallest absolute Gasteiger partial charge is 0.146 e. The Morgan fingerprint density at radius 1 is 1.37 bits per heavy atom. The number of likely N-dealkylation sites (N-methyl/N-ethyl adjacent to an activating group) is 1. The third-order valence-electron chi connectivity index (χ3n) is 3.56. The predicted octanol–water partition coefficient (Wildman–Crippen LogP) is 1.94. The van der Waals surface area contributed by atoms with E-state index < -0.39 is 0 Å². The number of piperazine rings is 1. The molecule has 1 aromatic carbocycles. The molecule has 1 aromatic rings. The highest BCUT2D eigenvalue weighted by Gasteiger charge is 2.33. The van der Waals surface area contributed by atoms with Gasteiger partial charge in [0.05, 0.1) is 11.7 Å². The van der Waals surface area contributed by atoms with Crippen LogP contribution in [0.3, 0.4) is 0 Å². The van der Waals surface area contributed by atoms with Crippen LogP contribution in [-0.4, -0.2) is 50.2 Å². The van der Waals surface area contributed by atoms with Crippen LogP contribution in [0.25, 0.3) is 0 Å². The van der Waals surface area contributed by atoms with Crippen LogP contribution in [0.5, 0.6) is 0 Å². The van der Waals surface area contributed by atoms with E-state index in [2.05, 4.69) is 43.1 Å². The number of para-hydroxylation sites is 1. The standard InChI is InChI=1S/C15H24FN3/c1-15(2)11-19(12(9-17-15)10-18(3)4)14-8-6-5-7-13(14)16/h5-8,12,17H,9-11H2,1-4H3. The average Bonchev–Trinajstić information content (AvgIpc) is 2.31. The molecule has 0 aliphatic carbocycles. The van der Waals surface area contributed by atoms with E-state index in [0.717, 1.165) is 19.6 Å². The van der Waals surface area contributed by atoms with Crippen molar-refractivity contribution < 1.29 is 4.39 Å². The topological polar surface area (TPSA) is 18.5 Å². The van der Waals surface area contributed by atoms with Crippen LogP contribution >= 0.6 is 0 Å². The van der Waals surface area contributed by atoms with Crippen molar-refractivity contribution >= 4 is 5.69 Å². The molecular weight excluding hydrogens is 241 g/mol. The van der Waals surface area contributed by atoms with Crippen molar-refractivity contribution in [1.29, 1.82) is 0 Å². The number of anilines is 1.